The zero-order valence-electron chi connectivity index (χ0n) is 13.3. The molecule has 1 heterocycles. The van der Waals surface area contributed by atoms with E-state index >= 15 is 0 Å². The van der Waals surface area contributed by atoms with Crippen LogP contribution in [0.15, 0.2) is 35.4 Å². The monoisotopic (exact) mass is 453 g/mol. The van der Waals surface area contributed by atoms with Crippen LogP contribution in [-0.2, 0) is 16.1 Å². The number of thioether (sulfide) groups is 1. The fourth-order valence-corrected chi connectivity index (χ4v) is 3.51. The highest BCUT2D eigenvalue weighted by atomic mass is 127. The number of anilines is 1. The Morgan fingerprint density at radius 2 is 2.25 bits per heavy atom. The normalized spacial score (nSPS) is 10.2. The summed E-state index contributed by atoms with van der Waals surface area (Å²) in [7, 11) is 1.58. The van der Waals surface area contributed by atoms with Crippen LogP contribution in [0, 0.1) is 21.8 Å². The summed E-state index contributed by atoms with van der Waals surface area (Å²) in [5, 5.41) is 12.8. The number of aryl methyl sites for hydroxylation is 1. The molecule has 2 aromatic rings. The first-order chi connectivity index (χ1) is 11.5. The summed E-state index contributed by atoms with van der Waals surface area (Å²) in [5.41, 5.74) is 2.80. The van der Waals surface area contributed by atoms with Crippen molar-refractivity contribution >= 4 is 45.9 Å². The van der Waals surface area contributed by atoms with Gasteiger partial charge in [-0.2, -0.15) is 5.26 Å². The van der Waals surface area contributed by atoms with Crippen LogP contribution >= 0.6 is 34.4 Å². The Bertz CT molecular complexity index is 790. The van der Waals surface area contributed by atoms with Gasteiger partial charge in [0, 0.05) is 22.1 Å². The second-order valence-corrected chi connectivity index (χ2v) is 7.20. The number of nitrogens with one attached hydrogen (secondary N) is 1. The lowest BCUT2D eigenvalue weighted by Crippen LogP contribution is -2.14. The Kier molecular flexibility index (Phi) is 7.02. The number of aromatic nitrogens is 1. The van der Waals surface area contributed by atoms with Gasteiger partial charge in [-0.3, -0.25) is 4.79 Å². The molecule has 7 heteroatoms. The maximum Gasteiger partial charge on any atom is 0.234 e. The predicted molar refractivity (Wildman–Crippen MR) is 103 cm³/mol. The first kappa shape index (κ1) is 18.7. The van der Waals surface area contributed by atoms with Crippen molar-refractivity contribution in [3.63, 3.8) is 0 Å². The second kappa shape index (κ2) is 9.01. The number of nitrogens with zero attached hydrogens (tertiary/aromatic N) is 2. The third-order valence-electron chi connectivity index (χ3n) is 3.06. The van der Waals surface area contributed by atoms with Crippen molar-refractivity contribution in [1.29, 1.82) is 5.26 Å². The molecule has 0 aliphatic carbocycles. The average Bonchev–Trinajstić information content (AvgIpc) is 2.53. The van der Waals surface area contributed by atoms with Gasteiger partial charge in [-0.05, 0) is 59.3 Å². The van der Waals surface area contributed by atoms with Gasteiger partial charge in [0.25, 0.3) is 0 Å². The van der Waals surface area contributed by atoms with Crippen molar-refractivity contribution in [1.82, 2.24) is 4.98 Å². The molecular weight excluding hydrogens is 437 g/mol. The molecule has 0 unspecified atom stereocenters. The standard InChI is InChI=1S/C17H16IN3O2S/c1-11-6-12(9-23-2)15(8-19)17(20-11)24-10-16(22)21-14-5-3-4-13(18)7-14/h3-7H,9-10H2,1-2H3,(H,21,22). The van der Waals surface area contributed by atoms with Crippen molar-refractivity contribution in [3.05, 3.63) is 50.7 Å². The van der Waals surface area contributed by atoms with E-state index in [1.165, 1.54) is 11.8 Å². The van der Waals surface area contributed by atoms with Gasteiger partial charge in [-0.15, -0.1) is 0 Å². The Balaban J connectivity index is 2.08. The molecule has 1 aromatic carbocycles. The molecule has 0 bridgehead atoms. The first-order valence-electron chi connectivity index (χ1n) is 7.11. The molecule has 0 saturated carbocycles. The lowest BCUT2D eigenvalue weighted by molar-refractivity contribution is -0.113. The maximum atomic E-state index is 12.1. The van der Waals surface area contributed by atoms with Crippen LogP contribution in [0.5, 0.6) is 0 Å². The van der Waals surface area contributed by atoms with Crippen molar-refractivity contribution in [3.8, 4) is 6.07 Å². The van der Waals surface area contributed by atoms with Crippen molar-refractivity contribution in [2.45, 2.75) is 18.6 Å². The molecular formula is C17H16IN3O2S. The van der Waals surface area contributed by atoms with Crippen molar-refractivity contribution in [2.24, 2.45) is 0 Å². The summed E-state index contributed by atoms with van der Waals surface area (Å²) in [6, 6.07) is 11.6. The number of methoxy groups -OCH3 is 1. The molecule has 1 N–H and O–H groups in total. The lowest BCUT2D eigenvalue weighted by Gasteiger charge is -2.10. The third-order valence-corrected chi connectivity index (χ3v) is 4.70. The quantitative estimate of drug-likeness (QED) is 0.533. The predicted octanol–water partition coefficient (Wildman–Crippen LogP) is 3.74. The highest BCUT2D eigenvalue weighted by Gasteiger charge is 2.13. The molecule has 2 rings (SSSR count). The number of halogens is 1. The van der Waals surface area contributed by atoms with Gasteiger partial charge < -0.3 is 10.1 Å². The van der Waals surface area contributed by atoms with Gasteiger partial charge >= 0.3 is 0 Å². The van der Waals surface area contributed by atoms with Crippen molar-refractivity contribution < 1.29 is 9.53 Å². The summed E-state index contributed by atoms with van der Waals surface area (Å²) in [6.45, 7) is 2.20. The summed E-state index contributed by atoms with van der Waals surface area (Å²) >= 11 is 3.45. The smallest absolute Gasteiger partial charge is 0.234 e. The number of rotatable bonds is 6. The molecule has 1 amide bonds. The van der Waals surface area contributed by atoms with Crippen LogP contribution in [0.4, 0.5) is 5.69 Å². The number of hydrogen-bond acceptors (Lipinski definition) is 5. The van der Waals surface area contributed by atoms with E-state index in [0.29, 0.717) is 17.2 Å². The fourth-order valence-electron chi connectivity index (χ4n) is 2.10. The Morgan fingerprint density at radius 3 is 2.92 bits per heavy atom. The highest BCUT2D eigenvalue weighted by Crippen LogP contribution is 2.25. The highest BCUT2D eigenvalue weighted by molar-refractivity contribution is 14.1. The fraction of sp³-hybridized carbons (Fsp3) is 0.235. The van der Waals surface area contributed by atoms with Crippen LogP contribution in [-0.4, -0.2) is 23.8 Å². The van der Waals surface area contributed by atoms with Gasteiger partial charge in [0.2, 0.25) is 5.91 Å². The van der Waals surface area contributed by atoms with E-state index in [4.69, 9.17) is 4.74 Å². The number of carbonyl (C=O) groups is 1. The average molecular weight is 453 g/mol. The largest absolute Gasteiger partial charge is 0.380 e. The van der Waals surface area contributed by atoms with E-state index in [1.807, 2.05) is 37.3 Å². The summed E-state index contributed by atoms with van der Waals surface area (Å²) in [6.07, 6.45) is 0. The topological polar surface area (TPSA) is 75.0 Å². The van der Waals surface area contributed by atoms with E-state index in [2.05, 4.69) is 39.0 Å². The zero-order valence-corrected chi connectivity index (χ0v) is 16.3. The SMILES string of the molecule is COCc1cc(C)nc(SCC(=O)Nc2cccc(I)c2)c1C#N. The lowest BCUT2D eigenvalue weighted by atomic mass is 10.1. The number of benzene rings is 1. The van der Waals surface area contributed by atoms with E-state index in [0.717, 1.165) is 20.5 Å². The summed E-state index contributed by atoms with van der Waals surface area (Å²) in [4.78, 5) is 16.5. The zero-order chi connectivity index (χ0) is 17.5. The third kappa shape index (κ3) is 5.19. The van der Waals surface area contributed by atoms with Gasteiger partial charge in [0.15, 0.2) is 0 Å². The number of nitriles is 1. The number of amides is 1. The second-order valence-electron chi connectivity index (χ2n) is 4.99. The molecule has 0 radical (unpaired) electrons. The molecule has 0 spiro atoms. The molecule has 5 nitrogen and oxygen atoms in total. The number of ether oxygens (including phenoxy) is 1. The molecule has 0 aliphatic rings. The van der Waals surface area contributed by atoms with E-state index in [9.17, 15) is 10.1 Å². The molecule has 0 fully saturated rings. The van der Waals surface area contributed by atoms with Crippen molar-refractivity contribution in [2.75, 3.05) is 18.2 Å². The molecule has 0 aliphatic heterocycles. The van der Waals surface area contributed by atoms with Gasteiger partial charge in [0.05, 0.1) is 17.9 Å². The minimum Gasteiger partial charge on any atom is -0.380 e. The molecule has 124 valence electrons. The van der Waals surface area contributed by atoms with Gasteiger partial charge in [-0.1, -0.05) is 17.8 Å². The Hall–Kier alpha value is -1.63. The molecule has 0 saturated heterocycles. The van der Waals surface area contributed by atoms with E-state index in [-0.39, 0.29) is 11.7 Å². The minimum absolute atomic E-state index is 0.137. The van der Waals surface area contributed by atoms with Crippen LogP contribution in [0.3, 0.4) is 0 Å². The maximum absolute atomic E-state index is 12.1. The Morgan fingerprint density at radius 1 is 1.46 bits per heavy atom. The first-order valence-corrected chi connectivity index (χ1v) is 9.17. The Labute approximate surface area is 159 Å². The van der Waals surface area contributed by atoms with Crippen LogP contribution < -0.4 is 5.32 Å². The van der Waals surface area contributed by atoms with Gasteiger partial charge in [-0.25, -0.2) is 4.98 Å². The number of hydrogen-bond donors (Lipinski definition) is 1. The van der Waals surface area contributed by atoms with Crippen LogP contribution in [0.2, 0.25) is 0 Å². The van der Waals surface area contributed by atoms with Gasteiger partial charge in [0.1, 0.15) is 11.1 Å². The van der Waals surface area contributed by atoms with E-state index in [1.54, 1.807) is 7.11 Å². The summed E-state index contributed by atoms with van der Waals surface area (Å²) in [5.74, 6) is 0.0470. The minimum atomic E-state index is -0.137. The van der Waals surface area contributed by atoms with Crippen LogP contribution in [0.1, 0.15) is 16.8 Å². The molecule has 1 aromatic heterocycles. The number of pyridine rings is 1. The summed E-state index contributed by atoms with van der Waals surface area (Å²) < 4.78 is 6.18. The molecule has 0 atom stereocenters. The molecule has 24 heavy (non-hydrogen) atoms. The van der Waals surface area contributed by atoms with Crippen LogP contribution in [0.25, 0.3) is 0 Å². The number of carbonyl (C=O) groups excluding carboxylic acids is 1. The van der Waals surface area contributed by atoms with E-state index < -0.39 is 0 Å².